The highest BCUT2D eigenvalue weighted by Gasteiger charge is 2.65. The first kappa shape index (κ1) is 18.3. The number of likely N-dealkylation sites (tertiary alicyclic amines) is 1. The smallest absolute Gasteiger partial charge is 0.227 e. The third kappa shape index (κ3) is 2.77. The first-order valence-corrected chi connectivity index (χ1v) is 10.1. The zero-order chi connectivity index (χ0) is 20.2. The van der Waals surface area contributed by atoms with E-state index in [2.05, 4.69) is 0 Å². The summed E-state index contributed by atoms with van der Waals surface area (Å²) in [6, 6.07) is 14.4. The fraction of sp³-hybridized carbons (Fsp3) is 0.391. The molecule has 0 radical (unpaired) electrons. The number of aryl methyl sites for hydroxylation is 1. The number of benzene rings is 2. The van der Waals surface area contributed by atoms with Gasteiger partial charge in [-0.3, -0.25) is 9.59 Å². The molecule has 0 bridgehead atoms. The van der Waals surface area contributed by atoms with E-state index < -0.39 is 5.72 Å². The minimum Gasteiger partial charge on any atom is -0.351 e. The summed E-state index contributed by atoms with van der Waals surface area (Å²) in [5.74, 6) is -0.364. The SMILES string of the molecule is Cc1ccc(CC(=O)N2CC[C@@]34OC[C@@H](c5ccccc5)N3C(=O)C[C@@H]24)cc1F. The Morgan fingerprint density at radius 3 is 2.79 bits per heavy atom. The fourth-order valence-electron chi connectivity index (χ4n) is 5.09. The molecule has 3 aliphatic heterocycles. The highest BCUT2D eigenvalue weighted by molar-refractivity contribution is 5.86. The Kier molecular flexibility index (Phi) is 4.21. The average Bonchev–Trinajstić information content (AvgIpc) is 3.34. The van der Waals surface area contributed by atoms with Crippen LogP contribution in [0.15, 0.2) is 48.5 Å². The van der Waals surface area contributed by atoms with Gasteiger partial charge in [-0.1, -0.05) is 42.5 Å². The minimum absolute atomic E-state index is 0.0280. The van der Waals surface area contributed by atoms with Crippen molar-refractivity contribution in [2.24, 2.45) is 0 Å². The predicted molar refractivity (Wildman–Crippen MR) is 104 cm³/mol. The van der Waals surface area contributed by atoms with Gasteiger partial charge < -0.3 is 14.5 Å². The Morgan fingerprint density at radius 2 is 2.03 bits per heavy atom. The molecule has 3 aliphatic rings. The van der Waals surface area contributed by atoms with Crippen LogP contribution < -0.4 is 0 Å². The highest BCUT2D eigenvalue weighted by atomic mass is 19.1. The zero-order valence-electron chi connectivity index (χ0n) is 16.3. The van der Waals surface area contributed by atoms with Gasteiger partial charge >= 0.3 is 0 Å². The van der Waals surface area contributed by atoms with Crippen LogP contribution in [-0.2, 0) is 20.7 Å². The molecule has 29 heavy (non-hydrogen) atoms. The van der Waals surface area contributed by atoms with Crippen LogP contribution in [0.25, 0.3) is 0 Å². The molecule has 0 saturated carbocycles. The van der Waals surface area contributed by atoms with Crippen molar-refractivity contribution < 1.29 is 18.7 Å². The molecular formula is C23H23FN2O3. The topological polar surface area (TPSA) is 49.9 Å². The van der Waals surface area contributed by atoms with Crippen LogP contribution >= 0.6 is 0 Å². The van der Waals surface area contributed by atoms with Crippen LogP contribution in [0.1, 0.15) is 35.6 Å². The van der Waals surface area contributed by atoms with E-state index in [9.17, 15) is 14.0 Å². The number of halogens is 1. The zero-order valence-corrected chi connectivity index (χ0v) is 16.3. The number of hydrogen-bond acceptors (Lipinski definition) is 3. The molecule has 3 heterocycles. The second kappa shape index (κ2) is 6.66. The lowest BCUT2D eigenvalue weighted by molar-refractivity contribution is -0.141. The molecule has 0 aromatic heterocycles. The van der Waals surface area contributed by atoms with E-state index in [1.807, 2.05) is 35.2 Å². The monoisotopic (exact) mass is 394 g/mol. The normalized spacial score (nSPS) is 28.0. The lowest BCUT2D eigenvalue weighted by Gasteiger charge is -2.33. The molecule has 3 atom stereocenters. The van der Waals surface area contributed by atoms with Crippen molar-refractivity contribution >= 4 is 11.8 Å². The van der Waals surface area contributed by atoms with Crippen LogP contribution in [-0.4, -0.2) is 46.5 Å². The Balaban J connectivity index is 1.38. The summed E-state index contributed by atoms with van der Waals surface area (Å²) in [4.78, 5) is 29.6. The van der Waals surface area contributed by atoms with E-state index in [1.165, 1.54) is 6.07 Å². The molecule has 2 aromatic rings. The van der Waals surface area contributed by atoms with Crippen LogP contribution in [0, 0.1) is 12.7 Å². The molecule has 150 valence electrons. The summed E-state index contributed by atoms with van der Waals surface area (Å²) in [7, 11) is 0. The number of hydrogen-bond donors (Lipinski definition) is 0. The molecule has 3 saturated heterocycles. The number of rotatable bonds is 3. The maximum absolute atomic E-state index is 13.9. The Labute approximate surface area is 169 Å². The van der Waals surface area contributed by atoms with Gasteiger partial charge in [0.2, 0.25) is 11.8 Å². The number of carbonyl (C=O) groups is 2. The van der Waals surface area contributed by atoms with Gasteiger partial charge in [-0.2, -0.15) is 0 Å². The van der Waals surface area contributed by atoms with E-state index >= 15 is 0 Å². The van der Waals surface area contributed by atoms with Crippen molar-refractivity contribution in [2.45, 2.75) is 44.0 Å². The fourth-order valence-corrected chi connectivity index (χ4v) is 5.09. The molecular weight excluding hydrogens is 371 g/mol. The minimum atomic E-state index is -0.730. The van der Waals surface area contributed by atoms with E-state index in [0.717, 1.165) is 5.56 Å². The van der Waals surface area contributed by atoms with Gasteiger partial charge in [0, 0.05) is 13.0 Å². The van der Waals surface area contributed by atoms with Gasteiger partial charge in [0.05, 0.1) is 31.5 Å². The highest BCUT2D eigenvalue weighted by Crippen LogP contribution is 2.51. The van der Waals surface area contributed by atoms with E-state index in [4.69, 9.17) is 4.74 Å². The van der Waals surface area contributed by atoms with Gasteiger partial charge in [0.15, 0.2) is 5.72 Å². The van der Waals surface area contributed by atoms with E-state index in [1.54, 1.807) is 24.0 Å². The molecule has 3 fully saturated rings. The molecule has 2 amide bonds. The summed E-state index contributed by atoms with van der Waals surface area (Å²) in [5.41, 5.74) is 1.53. The lowest BCUT2D eigenvalue weighted by atomic mass is 10.0. The van der Waals surface area contributed by atoms with Crippen molar-refractivity contribution in [3.05, 3.63) is 71.0 Å². The van der Waals surface area contributed by atoms with Gasteiger partial charge in [-0.25, -0.2) is 4.39 Å². The Hall–Kier alpha value is -2.73. The summed E-state index contributed by atoms with van der Waals surface area (Å²) < 4.78 is 20.1. The molecule has 2 aromatic carbocycles. The molecule has 1 spiro atoms. The van der Waals surface area contributed by atoms with Crippen LogP contribution in [0.4, 0.5) is 4.39 Å². The number of carbonyl (C=O) groups excluding carboxylic acids is 2. The second-order valence-electron chi connectivity index (χ2n) is 8.16. The summed E-state index contributed by atoms with van der Waals surface area (Å²) >= 11 is 0. The summed E-state index contributed by atoms with van der Waals surface area (Å²) in [6.07, 6.45) is 1.01. The van der Waals surface area contributed by atoms with Crippen molar-refractivity contribution in [3.63, 3.8) is 0 Å². The molecule has 0 aliphatic carbocycles. The molecule has 6 heteroatoms. The predicted octanol–water partition coefficient (Wildman–Crippen LogP) is 2.98. The Morgan fingerprint density at radius 1 is 1.24 bits per heavy atom. The van der Waals surface area contributed by atoms with Crippen LogP contribution in [0.2, 0.25) is 0 Å². The van der Waals surface area contributed by atoms with Crippen LogP contribution in [0.3, 0.4) is 0 Å². The molecule has 0 N–H and O–H groups in total. The van der Waals surface area contributed by atoms with E-state index in [-0.39, 0.29) is 42.6 Å². The first-order valence-electron chi connectivity index (χ1n) is 10.1. The average molecular weight is 394 g/mol. The third-order valence-corrected chi connectivity index (χ3v) is 6.55. The number of ether oxygens (including phenoxy) is 1. The maximum Gasteiger partial charge on any atom is 0.227 e. The Bertz CT molecular complexity index is 979. The standard InChI is InChI=1S/C23H23FN2O3/c1-15-7-8-16(11-18(15)24)12-21(27)25-10-9-23-20(25)13-22(28)26(23)19(14-29-23)17-5-3-2-4-6-17/h2-8,11,19-20H,9-10,12-14H2,1H3/t19-,20+,23-/m0/s1. The van der Waals surface area contributed by atoms with Gasteiger partial charge in [-0.15, -0.1) is 0 Å². The van der Waals surface area contributed by atoms with Gasteiger partial charge in [0.1, 0.15) is 5.82 Å². The quantitative estimate of drug-likeness (QED) is 0.804. The molecule has 5 nitrogen and oxygen atoms in total. The maximum atomic E-state index is 13.9. The lowest BCUT2D eigenvalue weighted by Crippen LogP contribution is -2.49. The van der Waals surface area contributed by atoms with Gasteiger partial charge in [-0.05, 0) is 29.7 Å². The van der Waals surface area contributed by atoms with Crippen molar-refractivity contribution in [2.75, 3.05) is 13.2 Å². The molecule has 5 rings (SSSR count). The van der Waals surface area contributed by atoms with Crippen molar-refractivity contribution in [1.29, 1.82) is 0 Å². The van der Waals surface area contributed by atoms with Crippen molar-refractivity contribution in [3.8, 4) is 0 Å². The largest absolute Gasteiger partial charge is 0.351 e. The molecule has 0 unspecified atom stereocenters. The van der Waals surface area contributed by atoms with Crippen molar-refractivity contribution in [1.82, 2.24) is 9.80 Å². The second-order valence-corrected chi connectivity index (χ2v) is 8.16. The van der Waals surface area contributed by atoms with Gasteiger partial charge in [0.25, 0.3) is 0 Å². The van der Waals surface area contributed by atoms with Crippen LogP contribution in [0.5, 0.6) is 0 Å². The first-order chi connectivity index (χ1) is 14.0. The summed E-state index contributed by atoms with van der Waals surface area (Å²) in [6.45, 7) is 2.69. The number of nitrogens with zero attached hydrogens (tertiary/aromatic N) is 2. The van der Waals surface area contributed by atoms with E-state index in [0.29, 0.717) is 30.7 Å². The third-order valence-electron chi connectivity index (χ3n) is 6.55. The summed E-state index contributed by atoms with van der Waals surface area (Å²) in [5, 5.41) is 0. The number of amides is 2.